The fourth-order valence-electron chi connectivity index (χ4n) is 3.10. The predicted molar refractivity (Wildman–Crippen MR) is 92.5 cm³/mol. The molecule has 24 heavy (non-hydrogen) atoms. The number of aliphatic hydroxyl groups is 1. The summed E-state index contributed by atoms with van der Waals surface area (Å²) in [7, 11) is 0. The summed E-state index contributed by atoms with van der Waals surface area (Å²) < 4.78 is 15.2. The molecular weight excluding hydrogens is 307 g/mol. The molecule has 0 fully saturated rings. The first-order valence-electron chi connectivity index (χ1n) is 8.20. The average molecular weight is 330 g/mol. The van der Waals surface area contributed by atoms with Gasteiger partial charge in [-0.3, -0.25) is 4.68 Å². The zero-order chi connectivity index (χ0) is 17.1. The number of hydrogen-bond donors (Lipinski definition) is 3. The van der Waals surface area contributed by atoms with Crippen LogP contribution in [0.1, 0.15) is 22.5 Å². The van der Waals surface area contributed by atoms with Gasteiger partial charge in [-0.2, -0.15) is 5.10 Å². The Labute approximate surface area is 140 Å². The molecule has 3 rings (SSSR count). The summed E-state index contributed by atoms with van der Waals surface area (Å²) in [6.45, 7) is 6.16. The molecule has 128 valence electrons. The van der Waals surface area contributed by atoms with Crippen molar-refractivity contribution in [2.24, 2.45) is 0 Å². The second kappa shape index (κ2) is 7.15. The monoisotopic (exact) mass is 330 g/mol. The van der Waals surface area contributed by atoms with E-state index in [1.54, 1.807) is 12.1 Å². The number of rotatable bonds is 7. The van der Waals surface area contributed by atoms with E-state index in [-0.39, 0.29) is 12.4 Å². The molecule has 0 bridgehead atoms. The number of aromatic nitrogens is 3. The molecule has 2 heterocycles. The van der Waals surface area contributed by atoms with Gasteiger partial charge in [-0.05, 0) is 50.6 Å². The summed E-state index contributed by atoms with van der Waals surface area (Å²) in [6.07, 6.45) is 2.77. The molecule has 2 aromatic heterocycles. The number of benzene rings is 1. The van der Waals surface area contributed by atoms with Crippen LogP contribution in [0.2, 0.25) is 0 Å². The summed E-state index contributed by atoms with van der Waals surface area (Å²) in [5.74, 6) is -0.209. The van der Waals surface area contributed by atoms with Crippen LogP contribution in [0, 0.1) is 19.7 Å². The zero-order valence-corrected chi connectivity index (χ0v) is 14.1. The molecule has 0 aliphatic rings. The van der Waals surface area contributed by atoms with Gasteiger partial charge in [0, 0.05) is 34.9 Å². The number of aryl methyl sites for hydroxylation is 1. The van der Waals surface area contributed by atoms with Crippen LogP contribution < -0.4 is 5.32 Å². The van der Waals surface area contributed by atoms with Gasteiger partial charge in [0.05, 0.1) is 18.8 Å². The number of fused-ring (bicyclic) bond motifs is 1. The Morgan fingerprint density at radius 2 is 2.17 bits per heavy atom. The third-order valence-corrected chi connectivity index (χ3v) is 4.45. The third-order valence-electron chi connectivity index (χ3n) is 4.45. The van der Waals surface area contributed by atoms with Gasteiger partial charge in [0.15, 0.2) is 0 Å². The first-order valence-corrected chi connectivity index (χ1v) is 8.20. The molecule has 0 amide bonds. The normalized spacial score (nSPS) is 11.5. The van der Waals surface area contributed by atoms with Crippen molar-refractivity contribution in [1.29, 1.82) is 0 Å². The molecule has 5 nitrogen and oxygen atoms in total. The highest BCUT2D eigenvalue weighted by atomic mass is 19.1. The van der Waals surface area contributed by atoms with Crippen LogP contribution in [-0.4, -0.2) is 33.0 Å². The lowest BCUT2D eigenvalue weighted by atomic mass is 10.1. The Hall–Kier alpha value is -2.18. The molecule has 0 saturated heterocycles. The Kier molecular flexibility index (Phi) is 4.97. The van der Waals surface area contributed by atoms with E-state index in [1.165, 1.54) is 11.6 Å². The lowest BCUT2D eigenvalue weighted by molar-refractivity contribution is 0.267. The van der Waals surface area contributed by atoms with Crippen LogP contribution >= 0.6 is 0 Å². The van der Waals surface area contributed by atoms with Crippen molar-refractivity contribution < 1.29 is 9.50 Å². The molecule has 0 spiro atoms. The Balaban J connectivity index is 1.60. The minimum Gasteiger partial charge on any atom is -0.394 e. The first kappa shape index (κ1) is 16.7. The number of H-pyrrole nitrogens is 1. The lowest BCUT2D eigenvalue weighted by Crippen LogP contribution is -2.17. The second-order valence-electron chi connectivity index (χ2n) is 6.03. The Morgan fingerprint density at radius 1 is 1.33 bits per heavy atom. The predicted octanol–water partition coefficient (Wildman–Crippen LogP) is 2.44. The lowest BCUT2D eigenvalue weighted by Gasteiger charge is -2.06. The number of halogens is 1. The van der Waals surface area contributed by atoms with Gasteiger partial charge in [-0.25, -0.2) is 4.39 Å². The average Bonchev–Trinajstić information content (AvgIpc) is 3.07. The van der Waals surface area contributed by atoms with Crippen LogP contribution in [0.25, 0.3) is 10.9 Å². The highest BCUT2D eigenvalue weighted by molar-refractivity contribution is 5.83. The Morgan fingerprint density at radius 3 is 2.96 bits per heavy atom. The van der Waals surface area contributed by atoms with Crippen molar-refractivity contribution >= 4 is 10.9 Å². The molecule has 6 heteroatoms. The van der Waals surface area contributed by atoms with Crippen molar-refractivity contribution in [1.82, 2.24) is 20.1 Å². The SMILES string of the molecule is Cc1nn(CCO)c(C)c1CNCCc1c[nH]c2ccc(F)cc12. The Bertz CT molecular complexity index is 837. The van der Waals surface area contributed by atoms with Crippen LogP contribution in [0.3, 0.4) is 0 Å². The van der Waals surface area contributed by atoms with Gasteiger partial charge in [-0.15, -0.1) is 0 Å². The maximum absolute atomic E-state index is 13.4. The molecule has 3 N–H and O–H groups in total. The molecule has 0 aliphatic carbocycles. The summed E-state index contributed by atoms with van der Waals surface area (Å²) in [6, 6.07) is 4.81. The molecule has 0 saturated carbocycles. The molecule has 0 unspecified atom stereocenters. The summed E-state index contributed by atoms with van der Waals surface area (Å²) in [5, 5.41) is 17.9. The minimum atomic E-state index is -0.209. The van der Waals surface area contributed by atoms with Gasteiger partial charge in [0.2, 0.25) is 0 Å². The van der Waals surface area contributed by atoms with Crippen LogP contribution in [0.15, 0.2) is 24.4 Å². The highest BCUT2D eigenvalue weighted by Gasteiger charge is 2.11. The fraction of sp³-hybridized carbons (Fsp3) is 0.389. The van der Waals surface area contributed by atoms with Crippen molar-refractivity contribution in [3.05, 3.63) is 52.7 Å². The number of aromatic amines is 1. The molecule has 0 radical (unpaired) electrons. The van der Waals surface area contributed by atoms with E-state index in [1.807, 2.05) is 24.7 Å². The minimum absolute atomic E-state index is 0.0892. The first-order chi connectivity index (χ1) is 11.6. The standard InChI is InChI=1S/C18H23FN4O/c1-12-17(13(2)23(22-12)7-8-24)11-20-6-5-14-10-21-18-4-3-15(19)9-16(14)18/h3-4,9-10,20-21,24H,5-8,11H2,1-2H3. The van der Waals surface area contributed by atoms with E-state index in [9.17, 15) is 4.39 Å². The van der Waals surface area contributed by atoms with E-state index in [0.717, 1.165) is 47.4 Å². The van der Waals surface area contributed by atoms with E-state index in [4.69, 9.17) is 5.11 Å². The number of hydrogen-bond acceptors (Lipinski definition) is 3. The summed E-state index contributed by atoms with van der Waals surface area (Å²) >= 11 is 0. The number of nitrogens with zero attached hydrogens (tertiary/aromatic N) is 2. The quantitative estimate of drug-likeness (QED) is 0.583. The highest BCUT2D eigenvalue weighted by Crippen LogP contribution is 2.19. The smallest absolute Gasteiger partial charge is 0.123 e. The molecule has 0 atom stereocenters. The van der Waals surface area contributed by atoms with Crippen LogP contribution in [0.4, 0.5) is 4.39 Å². The van der Waals surface area contributed by atoms with Crippen LogP contribution in [0.5, 0.6) is 0 Å². The van der Waals surface area contributed by atoms with Crippen molar-refractivity contribution in [3.8, 4) is 0 Å². The van der Waals surface area contributed by atoms with Crippen molar-refractivity contribution in [3.63, 3.8) is 0 Å². The van der Waals surface area contributed by atoms with Gasteiger partial charge >= 0.3 is 0 Å². The van der Waals surface area contributed by atoms with Gasteiger partial charge in [0.25, 0.3) is 0 Å². The van der Waals surface area contributed by atoms with E-state index < -0.39 is 0 Å². The van der Waals surface area contributed by atoms with Crippen molar-refractivity contribution in [2.75, 3.05) is 13.2 Å². The molecular formula is C18H23FN4O. The topological polar surface area (TPSA) is 65.9 Å². The molecule has 0 aliphatic heterocycles. The summed E-state index contributed by atoms with van der Waals surface area (Å²) in [5.41, 5.74) is 5.32. The summed E-state index contributed by atoms with van der Waals surface area (Å²) in [4.78, 5) is 3.18. The third kappa shape index (κ3) is 3.34. The second-order valence-corrected chi connectivity index (χ2v) is 6.03. The van der Waals surface area contributed by atoms with E-state index in [2.05, 4.69) is 15.4 Å². The van der Waals surface area contributed by atoms with Gasteiger partial charge in [0.1, 0.15) is 5.82 Å². The maximum Gasteiger partial charge on any atom is 0.123 e. The van der Waals surface area contributed by atoms with Gasteiger partial charge in [-0.1, -0.05) is 0 Å². The zero-order valence-electron chi connectivity index (χ0n) is 14.1. The maximum atomic E-state index is 13.4. The van der Waals surface area contributed by atoms with E-state index in [0.29, 0.717) is 6.54 Å². The number of aliphatic hydroxyl groups excluding tert-OH is 1. The number of nitrogens with one attached hydrogen (secondary N) is 2. The van der Waals surface area contributed by atoms with Crippen LogP contribution in [-0.2, 0) is 19.5 Å². The largest absolute Gasteiger partial charge is 0.394 e. The van der Waals surface area contributed by atoms with Gasteiger partial charge < -0.3 is 15.4 Å². The van der Waals surface area contributed by atoms with Crippen molar-refractivity contribution in [2.45, 2.75) is 33.4 Å². The molecule has 3 aromatic rings. The molecule has 1 aromatic carbocycles. The van der Waals surface area contributed by atoms with E-state index >= 15 is 0 Å². The fourth-order valence-corrected chi connectivity index (χ4v) is 3.10.